The number of rotatable bonds is 4. The molecule has 1 N–H and O–H groups in total. The lowest BCUT2D eigenvalue weighted by Gasteiger charge is -2.17. The lowest BCUT2D eigenvalue weighted by molar-refractivity contribution is -0.122. The van der Waals surface area contributed by atoms with Gasteiger partial charge < -0.3 is 15.0 Å². The van der Waals surface area contributed by atoms with E-state index in [0.29, 0.717) is 21.1 Å². The molecule has 0 bridgehead atoms. The lowest BCUT2D eigenvalue weighted by atomic mass is 10.1. The Morgan fingerprint density at radius 1 is 1.31 bits per heavy atom. The summed E-state index contributed by atoms with van der Waals surface area (Å²) in [6, 6.07) is 7.74. The van der Waals surface area contributed by atoms with Crippen molar-refractivity contribution in [1.82, 2.24) is 0 Å². The second-order valence-corrected chi connectivity index (χ2v) is 7.07. The number of carbonyl (C=O) groups is 3. The third-order valence-corrected chi connectivity index (χ3v) is 5.18. The van der Waals surface area contributed by atoms with E-state index < -0.39 is 17.7 Å². The molecule has 6 nitrogen and oxygen atoms in total. The van der Waals surface area contributed by atoms with E-state index in [1.165, 1.54) is 18.1 Å². The predicted octanol–water partition coefficient (Wildman–Crippen LogP) is 2.97. The minimum atomic E-state index is -0.546. The van der Waals surface area contributed by atoms with Crippen molar-refractivity contribution >= 4 is 39.8 Å². The molecule has 1 aromatic carbocycles. The molecule has 1 atom stereocenters. The minimum Gasteiger partial charge on any atom is -0.465 e. The van der Waals surface area contributed by atoms with Crippen LogP contribution in [-0.4, -0.2) is 31.4 Å². The molecular formula is C18H17FN2O4S. The molecule has 1 aliphatic rings. The molecule has 8 heteroatoms. The summed E-state index contributed by atoms with van der Waals surface area (Å²) in [5, 5.41) is 3.22. The maximum atomic E-state index is 13.7. The molecule has 0 saturated carbocycles. The van der Waals surface area contributed by atoms with E-state index in [1.54, 1.807) is 31.2 Å². The Labute approximate surface area is 153 Å². The van der Waals surface area contributed by atoms with Gasteiger partial charge in [-0.15, -0.1) is 11.3 Å². The Morgan fingerprint density at radius 3 is 2.77 bits per heavy atom. The second kappa shape index (κ2) is 7.25. The number of thiophene rings is 1. The molecule has 1 unspecified atom stereocenters. The summed E-state index contributed by atoms with van der Waals surface area (Å²) < 4.78 is 18.4. The van der Waals surface area contributed by atoms with Gasteiger partial charge in [0.05, 0.1) is 18.0 Å². The number of nitrogens with zero attached hydrogens (tertiary/aromatic N) is 1. The Hall–Kier alpha value is -2.74. The highest BCUT2D eigenvalue weighted by Gasteiger charge is 2.35. The van der Waals surface area contributed by atoms with Crippen LogP contribution >= 0.6 is 11.3 Å². The number of carbonyl (C=O) groups excluding carboxylic acids is 3. The third-order valence-electron chi connectivity index (χ3n) is 4.20. The first kappa shape index (κ1) is 18.1. The smallest absolute Gasteiger partial charge is 0.348 e. The topological polar surface area (TPSA) is 75.7 Å². The molecule has 26 heavy (non-hydrogen) atoms. The fraction of sp³-hybridized carbons (Fsp3) is 0.278. The Morgan fingerprint density at radius 2 is 2.08 bits per heavy atom. The first-order chi connectivity index (χ1) is 12.4. The Balaban J connectivity index is 1.68. The number of esters is 1. The van der Waals surface area contributed by atoms with Gasteiger partial charge in [-0.3, -0.25) is 9.59 Å². The number of halogens is 1. The zero-order valence-corrected chi connectivity index (χ0v) is 15.1. The van der Waals surface area contributed by atoms with Crippen LogP contribution in [0.3, 0.4) is 0 Å². The Bertz CT molecular complexity index is 880. The maximum Gasteiger partial charge on any atom is 0.348 e. The molecule has 1 aliphatic heterocycles. The van der Waals surface area contributed by atoms with Gasteiger partial charge in [0.25, 0.3) is 0 Å². The normalized spacial score (nSPS) is 16.7. The van der Waals surface area contributed by atoms with Gasteiger partial charge in [0, 0.05) is 18.7 Å². The number of hydrogen-bond acceptors (Lipinski definition) is 5. The molecule has 2 amide bonds. The van der Waals surface area contributed by atoms with E-state index in [4.69, 9.17) is 0 Å². The number of nitrogens with one attached hydrogen (secondary N) is 1. The molecule has 1 fully saturated rings. The van der Waals surface area contributed by atoms with Crippen molar-refractivity contribution in [1.29, 1.82) is 0 Å². The summed E-state index contributed by atoms with van der Waals surface area (Å²) in [4.78, 5) is 37.9. The van der Waals surface area contributed by atoms with Gasteiger partial charge in [0.2, 0.25) is 11.8 Å². The number of amides is 2. The van der Waals surface area contributed by atoms with Crippen LogP contribution < -0.4 is 10.2 Å². The van der Waals surface area contributed by atoms with Crippen LogP contribution in [-0.2, 0) is 14.3 Å². The van der Waals surface area contributed by atoms with Crippen molar-refractivity contribution < 1.29 is 23.5 Å². The van der Waals surface area contributed by atoms with E-state index in [2.05, 4.69) is 10.1 Å². The molecule has 2 aromatic rings. The standard InChI is InChI=1S/C18H17FN2O4S/c1-10-3-4-12(8-13(10)19)21-9-11(7-16(21)22)17(23)20-15-6-5-14(26-15)18(24)25-2/h3-6,8,11H,7,9H2,1-2H3,(H,20,23). The summed E-state index contributed by atoms with van der Waals surface area (Å²) in [5.41, 5.74) is 0.936. The van der Waals surface area contributed by atoms with Crippen LogP contribution in [0.4, 0.5) is 15.1 Å². The first-order valence-corrected chi connectivity index (χ1v) is 8.76. The molecular weight excluding hydrogens is 359 g/mol. The molecule has 0 radical (unpaired) electrons. The van der Waals surface area contributed by atoms with Crippen molar-refractivity contribution in [3.05, 3.63) is 46.6 Å². The lowest BCUT2D eigenvalue weighted by Crippen LogP contribution is -2.28. The van der Waals surface area contributed by atoms with Gasteiger partial charge in [-0.05, 0) is 36.8 Å². The molecule has 136 valence electrons. The van der Waals surface area contributed by atoms with Gasteiger partial charge in [-0.2, -0.15) is 0 Å². The summed E-state index contributed by atoms with van der Waals surface area (Å²) in [6.45, 7) is 1.83. The van der Waals surface area contributed by atoms with Gasteiger partial charge in [0.15, 0.2) is 0 Å². The Kier molecular flexibility index (Phi) is 5.03. The molecule has 1 saturated heterocycles. The van der Waals surface area contributed by atoms with Gasteiger partial charge in [0.1, 0.15) is 10.7 Å². The molecule has 2 heterocycles. The highest BCUT2D eigenvalue weighted by Crippen LogP contribution is 2.29. The average molecular weight is 376 g/mol. The van der Waals surface area contributed by atoms with Crippen LogP contribution in [0.1, 0.15) is 21.7 Å². The molecule has 0 aliphatic carbocycles. The van der Waals surface area contributed by atoms with E-state index in [-0.39, 0.29) is 24.8 Å². The zero-order valence-electron chi connectivity index (χ0n) is 14.2. The monoisotopic (exact) mass is 376 g/mol. The van der Waals surface area contributed by atoms with Crippen molar-refractivity contribution in [2.75, 3.05) is 23.9 Å². The summed E-state index contributed by atoms with van der Waals surface area (Å²) in [5.74, 6) is -1.95. The molecule has 0 spiro atoms. The second-order valence-electron chi connectivity index (χ2n) is 5.98. The number of aryl methyl sites for hydroxylation is 1. The fourth-order valence-electron chi connectivity index (χ4n) is 2.72. The number of ether oxygens (including phenoxy) is 1. The SMILES string of the molecule is COC(=O)c1ccc(NC(=O)C2CC(=O)N(c3ccc(C)c(F)c3)C2)s1. The first-order valence-electron chi connectivity index (χ1n) is 7.94. The minimum absolute atomic E-state index is 0.0521. The zero-order chi connectivity index (χ0) is 18.8. The van der Waals surface area contributed by atoms with E-state index in [9.17, 15) is 18.8 Å². The third kappa shape index (κ3) is 3.60. The van der Waals surface area contributed by atoms with E-state index in [1.807, 2.05) is 0 Å². The largest absolute Gasteiger partial charge is 0.465 e. The van der Waals surface area contributed by atoms with Crippen molar-refractivity contribution in [2.45, 2.75) is 13.3 Å². The quantitative estimate of drug-likeness (QED) is 0.833. The van der Waals surface area contributed by atoms with Crippen LogP contribution in [0.2, 0.25) is 0 Å². The highest BCUT2D eigenvalue weighted by atomic mass is 32.1. The summed E-state index contributed by atoms with van der Waals surface area (Å²) >= 11 is 1.10. The van der Waals surface area contributed by atoms with Crippen LogP contribution in [0.15, 0.2) is 30.3 Å². The number of anilines is 2. The van der Waals surface area contributed by atoms with E-state index >= 15 is 0 Å². The average Bonchev–Trinajstić information content (AvgIpc) is 3.23. The maximum absolute atomic E-state index is 13.7. The number of benzene rings is 1. The van der Waals surface area contributed by atoms with Crippen molar-refractivity contribution in [3.63, 3.8) is 0 Å². The van der Waals surface area contributed by atoms with Crippen LogP contribution in [0, 0.1) is 18.7 Å². The molecule has 3 rings (SSSR count). The summed E-state index contributed by atoms with van der Waals surface area (Å²) in [6.07, 6.45) is 0.0521. The number of hydrogen-bond donors (Lipinski definition) is 1. The number of methoxy groups -OCH3 is 1. The van der Waals surface area contributed by atoms with Gasteiger partial charge in [-0.25, -0.2) is 9.18 Å². The predicted molar refractivity (Wildman–Crippen MR) is 95.9 cm³/mol. The van der Waals surface area contributed by atoms with Gasteiger partial charge >= 0.3 is 5.97 Å². The van der Waals surface area contributed by atoms with Crippen LogP contribution in [0.5, 0.6) is 0 Å². The van der Waals surface area contributed by atoms with Gasteiger partial charge in [-0.1, -0.05) is 6.07 Å². The van der Waals surface area contributed by atoms with Crippen molar-refractivity contribution in [3.8, 4) is 0 Å². The highest BCUT2D eigenvalue weighted by molar-refractivity contribution is 7.18. The fourth-order valence-corrected chi connectivity index (χ4v) is 3.55. The summed E-state index contributed by atoms with van der Waals surface area (Å²) in [7, 11) is 1.28. The van der Waals surface area contributed by atoms with Crippen molar-refractivity contribution in [2.24, 2.45) is 5.92 Å². The molecule has 1 aromatic heterocycles. The van der Waals surface area contributed by atoms with E-state index in [0.717, 1.165) is 11.3 Å². The van der Waals surface area contributed by atoms with Crippen LogP contribution in [0.25, 0.3) is 0 Å².